The summed E-state index contributed by atoms with van der Waals surface area (Å²) in [6.07, 6.45) is -2.71. The fraction of sp³-hybridized carbons (Fsp3) is 0.350. The second-order valence-corrected chi connectivity index (χ2v) is 7.04. The van der Waals surface area contributed by atoms with Gasteiger partial charge in [0.25, 0.3) is 5.91 Å². The normalized spacial score (nSPS) is 21.1. The number of hydrogen-bond acceptors (Lipinski definition) is 5. The van der Waals surface area contributed by atoms with Crippen LogP contribution in [-0.2, 0) is 15.8 Å². The van der Waals surface area contributed by atoms with Gasteiger partial charge >= 0.3 is 6.18 Å². The maximum atomic E-state index is 12.9. The van der Waals surface area contributed by atoms with Crippen molar-refractivity contribution in [2.75, 3.05) is 36.0 Å². The molecular weight excluding hydrogens is 385 g/mol. The summed E-state index contributed by atoms with van der Waals surface area (Å²) in [7, 11) is 0. The molecule has 0 N–H and O–H groups in total. The molecule has 2 aliphatic rings. The van der Waals surface area contributed by atoms with E-state index in [0.717, 1.165) is 22.9 Å². The number of amides is 2. The maximum absolute atomic E-state index is 12.9. The third-order valence-corrected chi connectivity index (χ3v) is 5.30. The molecule has 0 bridgehead atoms. The Bertz CT molecular complexity index is 894. The monoisotopic (exact) mass is 404 g/mol. The third kappa shape index (κ3) is 3.82. The lowest BCUT2D eigenvalue weighted by Crippen LogP contribution is -2.52. The minimum Gasteiger partial charge on any atom is -0.354 e. The number of aromatic nitrogens is 1. The lowest BCUT2D eigenvalue weighted by atomic mass is 10.1. The molecule has 3 heterocycles. The van der Waals surface area contributed by atoms with E-state index in [1.807, 2.05) is 23.1 Å². The molecule has 2 aliphatic heterocycles. The van der Waals surface area contributed by atoms with Gasteiger partial charge in [-0.15, -0.1) is 0 Å². The van der Waals surface area contributed by atoms with E-state index in [1.54, 1.807) is 6.20 Å². The SMILES string of the molecule is O=C1C[C@@H](N2CCN(c3ccccn3)CC2)C(=O)N1c1ccc(C(F)(F)F)cc1. The van der Waals surface area contributed by atoms with Crippen molar-refractivity contribution in [1.29, 1.82) is 0 Å². The van der Waals surface area contributed by atoms with Crippen molar-refractivity contribution in [1.82, 2.24) is 9.88 Å². The molecule has 2 saturated heterocycles. The molecule has 4 rings (SSSR count). The molecule has 0 aliphatic carbocycles. The van der Waals surface area contributed by atoms with Crippen molar-refractivity contribution in [2.24, 2.45) is 0 Å². The fourth-order valence-electron chi connectivity index (χ4n) is 3.78. The Morgan fingerprint density at radius 3 is 2.21 bits per heavy atom. The average molecular weight is 404 g/mol. The smallest absolute Gasteiger partial charge is 0.354 e. The van der Waals surface area contributed by atoms with Gasteiger partial charge in [-0.1, -0.05) is 6.07 Å². The van der Waals surface area contributed by atoms with E-state index in [-0.39, 0.29) is 18.0 Å². The Kier molecular flexibility index (Phi) is 4.99. The predicted octanol–water partition coefficient (Wildman–Crippen LogP) is 2.55. The van der Waals surface area contributed by atoms with Crippen LogP contribution in [0.1, 0.15) is 12.0 Å². The summed E-state index contributed by atoms with van der Waals surface area (Å²) in [5.41, 5.74) is -0.648. The molecule has 29 heavy (non-hydrogen) atoms. The van der Waals surface area contributed by atoms with Crippen LogP contribution in [0.3, 0.4) is 0 Å². The van der Waals surface area contributed by atoms with Crippen LogP contribution in [0.5, 0.6) is 0 Å². The van der Waals surface area contributed by atoms with Gasteiger partial charge in [0, 0.05) is 32.4 Å². The number of nitrogens with zero attached hydrogens (tertiary/aromatic N) is 4. The van der Waals surface area contributed by atoms with Gasteiger partial charge in [-0.05, 0) is 36.4 Å². The van der Waals surface area contributed by atoms with Crippen molar-refractivity contribution in [3.63, 3.8) is 0 Å². The van der Waals surface area contributed by atoms with Gasteiger partial charge < -0.3 is 4.90 Å². The number of benzene rings is 1. The van der Waals surface area contributed by atoms with Crippen LogP contribution in [0.25, 0.3) is 0 Å². The largest absolute Gasteiger partial charge is 0.416 e. The van der Waals surface area contributed by atoms with Crippen LogP contribution in [-0.4, -0.2) is 53.9 Å². The van der Waals surface area contributed by atoms with Crippen LogP contribution in [0.2, 0.25) is 0 Å². The lowest BCUT2D eigenvalue weighted by molar-refractivity contribution is -0.137. The lowest BCUT2D eigenvalue weighted by Gasteiger charge is -2.37. The number of alkyl halides is 3. The van der Waals surface area contributed by atoms with Crippen molar-refractivity contribution in [3.8, 4) is 0 Å². The number of pyridine rings is 1. The van der Waals surface area contributed by atoms with E-state index in [2.05, 4.69) is 9.88 Å². The number of carbonyl (C=O) groups is 2. The van der Waals surface area contributed by atoms with Crippen LogP contribution in [0, 0.1) is 0 Å². The number of carbonyl (C=O) groups excluding carboxylic acids is 2. The summed E-state index contributed by atoms with van der Waals surface area (Å²) >= 11 is 0. The fourth-order valence-corrected chi connectivity index (χ4v) is 3.78. The molecule has 1 aromatic heterocycles. The number of hydrogen-bond donors (Lipinski definition) is 0. The van der Waals surface area contributed by atoms with Gasteiger partial charge in [0.2, 0.25) is 5.91 Å². The first-order valence-electron chi connectivity index (χ1n) is 9.29. The molecule has 9 heteroatoms. The highest BCUT2D eigenvalue weighted by Gasteiger charge is 2.43. The van der Waals surface area contributed by atoms with Gasteiger partial charge in [0.1, 0.15) is 5.82 Å². The molecule has 2 amide bonds. The van der Waals surface area contributed by atoms with E-state index >= 15 is 0 Å². The van der Waals surface area contributed by atoms with E-state index < -0.39 is 23.7 Å². The Morgan fingerprint density at radius 1 is 0.931 bits per heavy atom. The van der Waals surface area contributed by atoms with Crippen molar-refractivity contribution >= 4 is 23.3 Å². The van der Waals surface area contributed by atoms with Crippen molar-refractivity contribution < 1.29 is 22.8 Å². The summed E-state index contributed by atoms with van der Waals surface area (Å²) < 4.78 is 38.2. The summed E-state index contributed by atoms with van der Waals surface area (Å²) in [5.74, 6) is 0.0836. The molecule has 2 aromatic rings. The molecule has 152 valence electrons. The second-order valence-electron chi connectivity index (χ2n) is 7.04. The van der Waals surface area contributed by atoms with Crippen molar-refractivity contribution in [3.05, 3.63) is 54.2 Å². The number of rotatable bonds is 3. The van der Waals surface area contributed by atoms with Gasteiger partial charge in [-0.25, -0.2) is 9.88 Å². The summed E-state index contributed by atoms with van der Waals surface area (Å²) in [6, 6.07) is 9.19. The molecule has 2 fully saturated rings. The van der Waals surface area contributed by atoms with Crippen molar-refractivity contribution in [2.45, 2.75) is 18.6 Å². The van der Waals surface area contributed by atoms with E-state index in [1.165, 1.54) is 12.1 Å². The predicted molar refractivity (Wildman–Crippen MR) is 100 cm³/mol. The Hall–Kier alpha value is -2.94. The first kappa shape index (κ1) is 19.4. The zero-order chi connectivity index (χ0) is 20.6. The first-order chi connectivity index (χ1) is 13.8. The van der Waals surface area contributed by atoms with E-state index in [4.69, 9.17) is 0 Å². The molecule has 0 spiro atoms. The Morgan fingerprint density at radius 2 is 1.62 bits per heavy atom. The standard InChI is InChI=1S/C20H19F3N4O2/c21-20(22,23)14-4-6-15(7-5-14)27-18(28)13-16(19(27)29)25-9-11-26(12-10-25)17-3-1-2-8-24-17/h1-8,16H,9-13H2/t16-/m1/s1. The van der Waals surface area contributed by atoms with E-state index in [0.29, 0.717) is 26.2 Å². The third-order valence-electron chi connectivity index (χ3n) is 5.30. The highest BCUT2D eigenvalue weighted by molar-refractivity contribution is 6.22. The highest BCUT2D eigenvalue weighted by Crippen LogP contribution is 2.32. The minimum atomic E-state index is -4.46. The molecule has 1 aromatic carbocycles. The summed E-state index contributed by atoms with van der Waals surface area (Å²) in [5, 5.41) is 0. The summed E-state index contributed by atoms with van der Waals surface area (Å²) in [6.45, 7) is 2.55. The molecule has 6 nitrogen and oxygen atoms in total. The Labute approximate surface area is 165 Å². The number of halogens is 3. The minimum absolute atomic E-state index is 0.0312. The molecule has 0 radical (unpaired) electrons. The zero-order valence-corrected chi connectivity index (χ0v) is 15.5. The van der Waals surface area contributed by atoms with Gasteiger partial charge in [-0.3, -0.25) is 14.5 Å². The summed E-state index contributed by atoms with van der Waals surface area (Å²) in [4.78, 5) is 34.7. The Balaban J connectivity index is 1.44. The van der Waals surface area contributed by atoms with Crippen LogP contribution >= 0.6 is 0 Å². The number of imide groups is 1. The topological polar surface area (TPSA) is 56.8 Å². The zero-order valence-electron chi connectivity index (χ0n) is 15.5. The van der Waals surface area contributed by atoms with Gasteiger partial charge in [0.05, 0.1) is 23.7 Å². The number of anilines is 2. The average Bonchev–Trinajstić information content (AvgIpc) is 3.02. The van der Waals surface area contributed by atoms with Crippen LogP contribution in [0.4, 0.5) is 24.7 Å². The second kappa shape index (κ2) is 7.47. The maximum Gasteiger partial charge on any atom is 0.416 e. The van der Waals surface area contributed by atoms with Crippen LogP contribution in [0.15, 0.2) is 48.7 Å². The van der Waals surface area contributed by atoms with Crippen LogP contribution < -0.4 is 9.80 Å². The van der Waals surface area contributed by atoms with E-state index in [9.17, 15) is 22.8 Å². The molecule has 1 atom stereocenters. The number of piperazine rings is 1. The molecular formula is C20H19F3N4O2. The highest BCUT2D eigenvalue weighted by atomic mass is 19.4. The van der Waals surface area contributed by atoms with Gasteiger partial charge in [-0.2, -0.15) is 13.2 Å². The molecule has 0 saturated carbocycles. The first-order valence-corrected chi connectivity index (χ1v) is 9.29. The molecule has 0 unspecified atom stereocenters. The quantitative estimate of drug-likeness (QED) is 0.736. The van der Waals surface area contributed by atoms with Gasteiger partial charge in [0.15, 0.2) is 0 Å².